The number of carbonyl (C=O) groups is 1. The zero-order chi connectivity index (χ0) is 11.7. The third-order valence-electron chi connectivity index (χ3n) is 4.36. The van der Waals surface area contributed by atoms with Crippen LogP contribution in [0, 0.1) is 6.42 Å². The van der Waals surface area contributed by atoms with Gasteiger partial charge in [-0.2, -0.15) is 0 Å². The zero-order valence-corrected chi connectivity index (χ0v) is 10.5. The van der Waals surface area contributed by atoms with E-state index in [1.165, 1.54) is 25.8 Å². The van der Waals surface area contributed by atoms with E-state index in [0.717, 1.165) is 45.2 Å². The van der Waals surface area contributed by atoms with E-state index < -0.39 is 0 Å². The van der Waals surface area contributed by atoms with Crippen molar-refractivity contribution < 1.29 is 4.79 Å². The van der Waals surface area contributed by atoms with E-state index >= 15 is 0 Å². The van der Waals surface area contributed by atoms with Gasteiger partial charge in [-0.1, -0.05) is 6.42 Å². The summed E-state index contributed by atoms with van der Waals surface area (Å²) in [4.78, 5) is 18.7. The van der Waals surface area contributed by atoms with E-state index in [-0.39, 0.29) is 6.03 Å². The summed E-state index contributed by atoms with van der Waals surface area (Å²) in [7, 11) is 0. The third kappa shape index (κ3) is 2.28. The Labute approximate surface area is 104 Å². The molecule has 3 fully saturated rings. The Morgan fingerprint density at radius 2 is 1.76 bits per heavy atom. The molecule has 17 heavy (non-hydrogen) atoms. The van der Waals surface area contributed by atoms with Gasteiger partial charge in [-0.05, 0) is 19.3 Å². The molecule has 95 valence electrons. The average molecular weight is 236 g/mol. The first-order chi connectivity index (χ1) is 8.34. The van der Waals surface area contributed by atoms with Crippen molar-refractivity contribution in [2.45, 2.75) is 31.7 Å². The number of hydrogen-bond donors (Lipinski definition) is 0. The maximum Gasteiger partial charge on any atom is 0.320 e. The van der Waals surface area contributed by atoms with Crippen molar-refractivity contribution in [3.63, 3.8) is 0 Å². The van der Waals surface area contributed by atoms with Crippen LogP contribution in [0.25, 0.3) is 0 Å². The molecule has 0 bridgehead atoms. The first kappa shape index (κ1) is 11.3. The molecule has 0 aromatic carbocycles. The van der Waals surface area contributed by atoms with Gasteiger partial charge in [-0.15, -0.1) is 0 Å². The molecular weight excluding hydrogens is 214 g/mol. The zero-order valence-electron chi connectivity index (χ0n) is 10.5. The van der Waals surface area contributed by atoms with E-state index in [1.54, 1.807) is 0 Å². The van der Waals surface area contributed by atoms with Crippen LogP contribution in [-0.4, -0.2) is 66.0 Å². The van der Waals surface area contributed by atoms with Crippen LogP contribution >= 0.6 is 0 Å². The molecule has 4 heteroatoms. The molecule has 2 saturated heterocycles. The van der Waals surface area contributed by atoms with E-state index in [4.69, 9.17) is 0 Å². The van der Waals surface area contributed by atoms with Gasteiger partial charge < -0.3 is 9.80 Å². The van der Waals surface area contributed by atoms with Crippen molar-refractivity contribution in [2.24, 2.45) is 0 Å². The van der Waals surface area contributed by atoms with Crippen molar-refractivity contribution in [3.8, 4) is 0 Å². The van der Waals surface area contributed by atoms with Crippen LogP contribution in [0.3, 0.4) is 0 Å². The van der Waals surface area contributed by atoms with E-state index in [9.17, 15) is 4.79 Å². The number of nitrogens with zero attached hydrogens (tertiary/aromatic N) is 3. The van der Waals surface area contributed by atoms with Gasteiger partial charge in [0, 0.05) is 51.7 Å². The van der Waals surface area contributed by atoms with Crippen molar-refractivity contribution in [1.29, 1.82) is 0 Å². The lowest BCUT2D eigenvalue weighted by atomic mass is 9.91. The first-order valence-electron chi connectivity index (χ1n) is 6.94. The highest BCUT2D eigenvalue weighted by Gasteiger charge is 2.30. The van der Waals surface area contributed by atoms with Crippen molar-refractivity contribution in [3.05, 3.63) is 6.42 Å². The second kappa shape index (κ2) is 4.84. The molecule has 0 spiro atoms. The summed E-state index contributed by atoms with van der Waals surface area (Å²) < 4.78 is 0. The lowest BCUT2D eigenvalue weighted by Gasteiger charge is -2.37. The Bertz CT molecular complexity index is 286. The van der Waals surface area contributed by atoms with Crippen molar-refractivity contribution in [1.82, 2.24) is 14.7 Å². The number of carbonyl (C=O) groups excluding carboxylic acids is 1. The molecular formula is C13H22N3O. The lowest BCUT2D eigenvalue weighted by molar-refractivity contribution is 0.125. The van der Waals surface area contributed by atoms with Crippen LogP contribution in [0.2, 0.25) is 0 Å². The smallest absolute Gasteiger partial charge is 0.320 e. The SMILES string of the molecule is O=C(N1C[CH]C1)N1CCCN(C2CCC2)CC1. The fourth-order valence-corrected chi connectivity index (χ4v) is 2.86. The van der Waals surface area contributed by atoms with Crippen LogP contribution in [0.1, 0.15) is 25.7 Å². The predicted octanol–water partition coefficient (Wildman–Crippen LogP) is 1.19. The number of hydrogen-bond acceptors (Lipinski definition) is 2. The molecule has 0 aromatic heterocycles. The quantitative estimate of drug-likeness (QED) is 0.683. The summed E-state index contributed by atoms with van der Waals surface area (Å²) in [5, 5.41) is 0. The molecule has 0 N–H and O–H groups in total. The van der Waals surface area contributed by atoms with E-state index in [0.29, 0.717) is 0 Å². The molecule has 3 aliphatic rings. The highest BCUT2D eigenvalue weighted by molar-refractivity contribution is 5.75. The monoisotopic (exact) mass is 236 g/mol. The molecule has 1 aliphatic carbocycles. The largest absolute Gasteiger partial charge is 0.324 e. The van der Waals surface area contributed by atoms with Gasteiger partial charge in [0.25, 0.3) is 0 Å². The summed E-state index contributed by atoms with van der Waals surface area (Å²) in [5.41, 5.74) is 0. The Hall–Kier alpha value is -0.770. The molecule has 2 aliphatic heterocycles. The Morgan fingerprint density at radius 3 is 2.35 bits per heavy atom. The minimum atomic E-state index is 0.253. The van der Waals surface area contributed by atoms with Crippen LogP contribution in [0.15, 0.2) is 0 Å². The summed E-state index contributed by atoms with van der Waals surface area (Å²) in [5.74, 6) is 0. The minimum Gasteiger partial charge on any atom is -0.324 e. The number of likely N-dealkylation sites (tertiary alicyclic amines) is 1. The normalized spacial score (nSPS) is 27.3. The van der Waals surface area contributed by atoms with Crippen LogP contribution < -0.4 is 0 Å². The fraction of sp³-hybridized carbons (Fsp3) is 0.846. The van der Waals surface area contributed by atoms with Gasteiger partial charge in [0.05, 0.1) is 0 Å². The van der Waals surface area contributed by atoms with Gasteiger partial charge in [0.2, 0.25) is 0 Å². The second-order valence-corrected chi connectivity index (χ2v) is 5.44. The Balaban J connectivity index is 1.52. The molecule has 2 amide bonds. The van der Waals surface area contributed by atoms with E-state index in [2.05, 4.69) is 11.3 Å². The lowest BCUT2D eigenvalue weighted by Crippen LogP contribution is -2.51. The number of amides is 2. The summed E-state index contributed by atoms with van der Waals surface area (Å²) >= 11 is 0. The molecule has 4 nitrogen and oxygen atoms in total. The van der Waals surface area contributed by atoms with Gasteiger partial charge in [0.1, 0.15) is 0 Å². The highest BCUT2D eigenvalue weighted by atomic mass is 16.2. The molecule has 2 heterocycles. The average Bonchev–Trinajstić information content (AvgIpc) is 2.38. The van der Waals surface area contributed by atoms with Crippen molar-refractivity contribution in [2.75, 3.05) is 39.3 Å². The fourth-order valence-electron chi connectivity index (χ4n) is 2.86. The standard InChI is InChI=1S/C13H22N3O/c17-13(15-7-3-8-15)16-9-2-6-14(10-11-16)12-4-1-5-12/h3,12H,1-2,4-11H2. The van der Waals surface area contributed by atoms with Crippen LogP contribution in [0.4, 0.5) is 4.79 Å². The van der Waals surface area contributed by atoms with Gasteiger partial charge >= 0.3 is 6.03 Å². The Morgan fingerprint density at radius 1 is 0.941 bits per heavy atom. The van der Waals surface area contributed by atoms with Crippen LogP contribution in [-0.2, 0) is 0 Å². The first-order valence-corrected chi connectivity index (χ1v) is 6.94. The minimum absolute atomic E-state index is 0.253. The number of rotatable bonds is 1. The maximum atomic E-state index is 12.1. The summed E-state index contributed by atoms with van der Waals surface area (Å²) in [6, 6.07) is 1.07. The predicted molar refractivity (Wildman–Crippen MR) is 66.7 cm³/mol. The second-order valence-electron chi connectivity index (χ2n) is 5.44. The summed E-state index contributed by atoms with van der Waals surface area (Å²) in [6.07, 6.45) is 7.42. The Kier molecular flexibility index (Phi) is 3.23. The number of urea groups is 1. The molecule has 1 saturated carbocycles. The third-order valence-corrected chi connectivity index (χ3v) is 4.36. The molecule has 0 atom stereocenters. The summed E-state index contributed by atoms with van der Waals surface area (Å²) in [6.45, 7) is 5.82. The van der Waals surface area contributed by atoms with Gasteiger partial charge in [-0.3, -0.25) is 4.90 Å². The molecule has 1 radical (unpaired) electrons. The molecule has 0 unspecified atom stereocenters. The maximum absolute atomic E-state index is 12.1. The van der Waals surface area contributed by atoms with Gasteiger partial charge in [0.15, 0.2) is 0 Å². The van der Waals surface area contributed by atoms with E-state index in [1.807, 2.05) is 9.80 Å². The van der Waals surface area contributed by atoms with Crippen molar-refractivity contribution >= 4 is 6.03 Å². The molecule has 0 aromatic rings. The van der Waals surface area contributed by atoms with Crippen LogP contribution in [0.5, 0.6) is 0 Å². The molecule has 3 rings (SSSR count). The van der Waals surface area contributed by atoms with Gasteiger partial charge in [-0.25, -0.2) is 4.79 Å². The highest BCUT2D eigenvalue weighted by Crippen LogP contribution is 2.25. The topological polar surface area (TPSA) is 26.8 Å².